The summed E-state index contributed by atoms with van der Waals surface area (Å²) in [6.07, 6.45) is 1.85. The highest BCUT2D eigenvalue weighted by Gasteiger charge is 2.34. The lowest BCUT2D eigenvalue weighted by Crippen LogP contribution is -2.34. The fourth-order valence-electron chi connectivity index (χ4n) is 5.05. The minimum absolute atomic E-state index is 0.120. The Hall–Kier alpha value is -4.26. The number of pyridine rings is 1. The van der Waals surface area contributed by atoms with Crippen LogP contribution in [0.25, 0.3) is 10.9 Å². The Kier molecular flexibility index (Phi) is 5.37. The molecule has 0 saturated heterocycles. The smallest absolute Gasteiger partial charge is 0.254 e. The van der Waals surface area contributed by atoms with E-state index in [1.54, 1.807) is 0 Å². The van der Waals surface area contributed by atoms with Crippen LogP contribution in [0.3, 0.4) is 0 Å². The molecule has 0 radical (unpaired) electrons. The predicted octanol–water partition coefficient (Wildman–Crippen LogP) is 4.28. The number of nitrogens with zero attached hydrogens (tertiary/aromatic N) is 5. The Morgan fingerprint density at radius 2 is 1.80 bits per heavy atom. The molecule has 1 N–H and O–H groups in total. The number of aromatic amines is 1. The predicted molar refractivity (Wildman–Crippen MR) is 137 cm³/mol. The maximum Gasteiger partial charge on any atom is 0.254 e. The van der Waals surface area contributed by atoms with E-state index in [4.69, 9.17) is 0 Å². The number of aromatic nitrogens is 5. The van der Waals surface area contributed by atoms with Crippen molar-refractivity contribution in [3.8, 4) is 0 Å². The van der Waals surface area contributed by atoms with Crippen LogP contribution in [-0.2, 0) is 19.4 Å². The van der Waals surface area contributed by atoms with Gasteiger partial charge in [-0.2, -0.15) is 0 Å². The highest BCUT2D eigenvalue weighted by atomic mass is 16.1. The van der Waals surface area contributed by atoms with E-state index in [1.165, 1.54) is 11.1 Å². The lowest BCUT2D eigenvalue weighted by Gasteiger charge is -2.29. The van der Waals surface area contributed by atoms with Gasteiger partial charge in [0.25, 0.3) is 5.56 Å². The molecule has 0 bridgehead atoms. The molecule has 1 aliphatic rings. The van der Waals surface area contributed by atoms with Gasteiger partial charge in [-0.3, -0.25) is 4.79 Å². The SMILES string of the molecule is CCc1ccc2[nH]c(=O)c([C@H](c3nnnn3Cc3ccccc3)N3CCc4ccccc43)cc2c1. The van der Waals surface area contributed by atoms with Gasteiger partial charge in [-0.1, -0.05) is 61.5 Å². The molecule has 0 fully saturated rings. The van der Waals surface area contributed by atoms with E-state index in [0.717, 1.165) is 41.5 Å². The Labute approximate surface area is 203 Å². The number of para-hydroxylation sites is 1. The van der Waals surface area contributed by atoms with Crippen molar-refractivity contribution in [2.45, 2.75) is 32.4 Å². The van der Waals surface area contributed by atoms with Crippen molar-refractivity contribution in [2.75, 3.05) is 11.4 Å². The van der Waals surface area contributed by atoms with Crippen molar-refractivity contribution in [3.63, 3.8) is 0 Å². The zero-order chi connectivity index (χ0) is 23.8. The molecular weight excluding hydrogens is 436 g/mol. The molecule has 1 atom stereocenters. The molecular formula is C28H26N6O. The molecule has 174 valence electrons. The Balaban J connectivity index is 1.53. The molecule has 0 aliphatic carbocycles. The van der Waals surface area contributed by atoms with Crippen molar-refractivity contribution < 1.29 is 0 Å². The summed E-state index contributed by atoms with van der Waals surface area (Å²) in [6, 6.07) is 26.3. The van der Waals surface area contributed by atoms with Crippen molar-refractivity contribution in [3.05, 3.63) is 117 Å². The summed E-state index contributed by atoms with van der Waals surface area (Å²) in [7, 11) is 0. The van der Waals surface area contributed by atoms with Gasteiger partial charge < -0.3 is 9.88 Å². The van der Waals surface area contributed by atoms with Gasteiger partial charge in [0, 0.05) is 23.3 Å². The normalized spacial score (nSPS) is 13.8. The van der Waals surface area contributed by atoms with E-state index in [0.29, 0.717) is 17.9 Å². The molecule has 35 heavy (non-hydrogen) atoms. The summed E-state index contributed by atoms with van der Waals surface area (Å²) in [5.41, 5.74) is 6.07. The topological polar surface area (TPSA) is 79.7 Å². The molecule has 7 heteroatoms. The molecule has 0 saturated carbocycles. The first-order valence-electron chi connectivity index (χ1n) is 12.0. The molecule has 3 aromatic carbocycles. The molecule has 0 unspecified atom stereocenters. The van der Waals surface area contributed by atoms with Crippen LogP contribution in [0.4, 0.5) is 5.69 Å². The highest BCUT2D eigenvalue weighted by molar-refractivity contribution is 5.80. The average Bonchev–Trinajstić information content (AvgIpc) is 3.53. The lowest BCUT2D eigenvalue weighted by atomic mass is 10.0. The number of benzene rings is 3. The van der Waals surface area contributed by atoms with Crippen LogP contribution in [-0.4, -0.2) is 31.7 Å². The number of hydrogen-bond donors (Lipinski definition) is 1. The van der Waals surface area contributed by atoms with Crippen LogP contribution in [0.15, 0.2) is 83.7 Å². The van der Waals surface area contributed by atoms with E-state index >= 15 is 0 Å². The van der Waals surface area contributed by atoms with Gasteiger partial charge in [-0.15, -0.1) is 5.10 Å². The summed E-state index contributed by atoms with van der Waals surface area (Å²) in [5.74, 6) is 0.655. The standard InChI is InChI=1S/C28H26N6O/c1-2-19-12-13-24-22(16-19)17-23(28(35)29-24)26(33-15-14-21-10-6-7-11-25(21)33)27-30-31-32-34(27)18-20-8-4-3-5-9-20/h3-13,16-17,26H,2,14-15,18H2,1H3,(H,29,35)/t26-/m1/s1. The van der Waals surface area contributed by atoms with E-state index in [9.17, 15) is 4.79 Å². The molecule has 1 aliphatic heterocycles. The van der Waals surface area contributed by atoms with Crippen molar-refractivity contribution >= 4 is 16.6 Å². The molecule has 0 spiro atoms. The summed E-state index contributed by atoms with van der Waals surface area (Å²) in [5, 5.41) is 13.8. The van der Waals surface area contributed by atoms with Crippen LogP contribution in [0.1, 0.15) is 41.0 Å². The third-order valence-electron chi connectivity index (χ3n) is 6.85. The van der Waals surface area contributed by atoms with Crippen molar-refractivity contribution in [1.82, 2.24) is 25.2 Å². The largest absolute Gasteiger partial charge is 0.357 e. The second kappa shape index (κ2) is 8.83. The Morgan fingerprint density at radius 1 is 0.971 bits per heavy atom. The molecule has 5 aromatic rings. The maximum absolute atomic E-state index is 13.5. The number of nitrogens with one attached hydrogen (secondary N) is 1. The number of rotatable bonds is 6. The fourth-order valence-corrected chi connectivity index (χ4v) is 5.05. The van der Waals surface area contributed by atoms with Gasteiger partial charge in [0.1, 0.15) is 6.04 Å². The highest BCUT2D eigenvalue weighted by Crippen LogP contribution is 2.37. The first-order chi connectivity index (χ1) is 17.2. The summed E-state index contributed by atoms with van der Waals surface area (Å²) in [6.45, 7) is 3.45. The van der Waals surface area contributed by atoms with Gasteiger partial charge in [0.15, 0.2) is 5.82 Å². The minimum Gasteiger partial charge on any atom is -0.357 e. The van der Waals surface area contributed by atoms with Gasteiger partial charge in [0.2, 0.25) is 0 Å². The van der Waals surface area contributed by atoms with Gasteiger partial charge in [0.05, 0.1) is 6.54 Å². The number of hydrogen-bond acceptors (Lipinski definition) is 5. The van der Waals surface area contributed by atoms with E-state index in [-0.39, 0.29) is 5.56 Å². The Morgan fingerprint density at radius 3 is 2.66 bits per heavy atom. The molecule has 7 nitrogen and oxygen atoms in total. The van der Waals surface area contributed by atoms with Crippen LogP contribution in [0.5, 0.6) is 0 Å². The summed E-state index contributed by atoms with van der Waals surface area (Å²) < 4.78 is 1.81. The monoisotopic (exact) mass is 462 g/mol. The zero-order valence-electron chi connectivity index (χ0n) is 19.6. The molecule has 3 heterocycles. The zero-order valence-corrected chi connectivity index (χ0v) is 19.6. The Bertz CT molecular complexity index is 1560. The average molecular weight is 463 g/mol. The number of anilines is 1. The number of tetrazole rings is 1. The van der Waals surface area contributed by atoms with E-state index in [2.05, 4.69) is 74.8 Å². The third kappa shape index (κ3) is 3.89. The summed E-state index contributed by atoms with van der Waals surface area (Å²) in [4.78, 5) is 18.9. The van der Waals surface area contributed by atoms with E-state index < -0.39 is 6.04 Å². The molecule has 2 aromatic heterocycles. The summed E-state index contributed by atoms with van der Waals surface area (Å²) >= 11 is 0. The van der Waals surface area contributed by atoms with Gasteiger partial charge in [-0.05, 0) is 69.6 Å². The second-order valence-corrected chi connectivity index (χ2v) is 8.98. The third-order valence-corrected chi connectivity index (χ3v) is 6.85. The number of fused-ring (bicyclic) bond motifs is 2. The second-order valence-electron chi connectivity index (χ2n) is 8.98. The maximum atomic E-state index is 13.5. The number of aryl methyl sites for hydroxylation is 1. The van der Waals surface area contributed by atoms with Crippen LogP contribution >= 0.6 is 0 Å². The first kappa shape index (κ1) is 21.3. The molecule has 6 rings (SSSR count). The van der Waals surface area contributed by atoms with Crippen LogP contribution < -0.4 is 10.5 Å². The van der Waals surface area contributed by atoms with Gasteiger partial charge >= 0.3 is 0 Å². The lowest BCUT2D eigenvalue weighted by molar-refractivity contribution is 0.577. The van der Waals surface area contributed by atoms with Crippen molar-refractivity contribution in [2.24, 2.45) is 0 Å². The van der Waals surface area contributed by atoms with Crippen LogP contribution in [0.2, 0.25) is 0 Å². The van der Waals surface area contributed by atoms with Crippen LogP contribution in [0, 0.1) is 0 Å². The van der Waals surface area contributed by atoms with Crippen molar-refractivity contribution in [1.29, 1.82) is 0 Å². The van der Waals surface area contributed by atoms with Gasteiger partial charge in [-0.25, -0.2) is 4.68 Å². The quantitative estimate of drug-likeness (QED) is 0.408. The molecule has 0 amide bonds. The minimum atomic E-state index is -0.421. The van der Waals surface area contributed by atoms with E-state index in [1.807, 2.05) is 41.1 Å². The number of H-pyrrole nitrogens is 1. The first-order valence-corrected chi connectivity index (χ1v) is 12.0. The fraction of sp³-hybridized carbons (Fsp3) is 0.214.